The summed E-state index contributed by atoms with van der Waals surface area (Å²) in [5.74, 6) is 1.42. The lowest BCUT2D eigenvalue weighted by Gasteiger charge is -2.14. The fourth-order valence-electron chi connectivity index (χ4n) is 3.68. The van der Waals surface area contributed by atoms with Crippen LogP contribution in [0, 0.1) is 0 Å². The average molecular weight is 471 g/mol. The van der Waals surface area contributed by atoms with Crippen LogP contribution in [-0.2, 0) is 11.3 Å². The summed E-state index contributed by atoms with van der Waals surface area (Å²) in [7, 11) is 0. The second-order valence-corrected chi connectivity index (χ2v) is 9.10. The number of phenolic OH excluding ortho intramolecular Hbond substituents is 1. The van der Waals surface area contributed by atoms with Gasteiger partial charge in [0.15, 0.2) is 11.0 Å². The van der Waals surface area contributed by atoms with Gasteiger partial charge in [-0.05, 0) is 54.8 Å². The number of nitrogens with zero attached hydrogens (tertiary/aromatic N) is 3. The van der Waals surface area contributed by atoms with E-state index in [1.165, 1.54) is 11.8 Å². The first-order valence-electron chi connectivity index (χ1n) is 10.8. The Hall–Kier alpha value is -4.04. The maximum atomic E-state index is 13.1. The van der Waals surface area contributed by atoms with Gasteiger partial charge in [0, 0.05) is 16.6 Å². The van der Waals surface area contributed by atoms with Crippen LogP contribution in [0.1, 0.15) is 12.7 Å². The largest absolute Gasteiger partial charge is 0.508 e. The van der Waals surface area contributed by atoms with Crippen molar-refractivity contribution < 1.29 is 14.3 Å². The van der Waals surface area contributed by atoms with Crippen molar-refractivity contribution in [2.24, 2.45) is 0 Å². The highest BCUT2D eigenvalue weighted by Gasteiger charge is 2.22. The number of aromatic hydroxyl groups is 1. The molecule has 1 amide bonds. The van der Waals surface area contributed by atoms with E-state index in [9.17, 15) is 9.90 Å². The molecule has 7 nitrogen and oxygen atoms in total. The molecule has 0 aliphatic carbocycles. The van der Waals surface area contributed by atoms with Gasteiger partial charge < -0.3 is 14.8 Å². The van der Waals surface area contributed by atoms with Gasteiger partial charge in [0.1, 0.15) is 11.5 Å². The standard InChI is InChI=1S/C26H22N4O3S/c1-17(25(32)27-23-10-4-7-18-6-2-3-9-22(18)23)34-26-29-28-24(19-11-13-20(31)14-12-19)30(26)16-21-8-5-15-33-21/h2-15,17,31H,16H2,1H3,(H,27,32)/t17-/m1/s1. The zero-order chi connectivity index (χ0) is 23.5. The number of carbonyl (C=O) groups is 1. The molecule has 0 saturated heterocycles. The predicted molar refractivity (Wildman–Crippen MR) is 133 cm³/mol. The number of rotatable bonds is 7. The summed E-state index contributed by atoms with van der Waals surface area (Å²) in [5.41, 5.74) is 1.58. The number of aromatic nitrogens is 3. The molecule has 5 aromatic rings. The fraction of sp³-hybridized carbons (Fsp3) is 0.115. The van der Waals surface area contributed by atoms with Crippen molar-refractivity contribution in [1.29, 1.82) is 0 Å². The Kier molecular flexibility index (Phi) is 6.05. The molecule has 3 aromatic carbocycles. The lowest BCUT2D eigenvalue weighted by Crippen LogP contribution is -2.23. The summed E-state index contributed by atoms with van der Waals surface area (Å²) in [5, 5.41) is 23.7. The highest BCUT2D eigenvalue weighted by molar-refractivity contribution is 8.00. The van der Waals surface area contributed by atoms with Crippen molar-refractivity contribution in [1.82, 2.24) is 14.8 Å². The molecule has 5 rings (SSSR count). The van der Waals surface area contributed by atoms with Crippen LogP contribution in [0.3, 0.4) is 0 Å². The number of anilines is 1. The quantitative estimate of drug-likeness (QED) is 0.302. The molecular weight excluding hydrogens is 448 g/mol. The van der Waals surface area contributed by atoms with Crippen LogP contribution in [0.4, 0.5) is 5.69 Å². The van der Waals surface area contributed by atoms with Crippen LogP contribution < -0.4 is 5.32 Å². The molecular formula is C26H22N4O3S. The van der Waals surface area contributed by atoms with E-state index in [2.05, 4.69) is 15.5 Å². The monoisotopic (exact) mass is 470 g/mol. The summed E-state index contributed by atoms with van der Waals surface area (Å²) in [6.45, 7) is 2.26. The molecule has 34 heavy (non-hydrogen) atoms. The SMILES string of the molecule is C[C@@H](Sc1nnc(-c2ccc(O)cc2)n1Cc1ccco1)C(=O)Nc1cccc2ccccc12. The van der Waals surface area contributed by atoms with Crippen LogP contribution in [0.2, 0.25) is 0 Å². The number of phenols is 1. The number of furan rings is 1. The summed E-state index contributed by atoms with van der Waals surface area (Å²) < 4.78 is 7.45. The lowest BCUT2D eigenvalue weighted by molar-refractivity contribution is -0.115. The molecule has 0 bridgehead atoms. The highest BCUT2D eigenvalue weighted by atomic mass is 32.2. The van der Waals surface area contributed by atoms with Crippen LogP contribution in [0.25, 0.3) is 22.2 Å². The first kappa shape index (κ1) is 21.8. The van der Waals surface area contributed by atoms with Gasteiger partial charge in [-0.1, -0.05) is 48.2 Å². The number of nitrogens with one attached hydrogen (secondary N) is 1. The Balaban J connectivity index is 1.40. The van der Waals surface area contributed by atoms with Gasteiger partial charge >= 0.3 is 0 Å². The third-order valence-electron chi connectivity index (χ3n) is 5.44. The van der Waals surface area contributed by atoms with Gasteiger partial charge in [0.2, 0.25) is 5.91 Å². The van der Waals surface area contributed by atoms with E-state index in [-0.39, 0.29) is 11.7 Å². The zero-order valence-electron chi connectivity index (χ0n) is 18.4. The minimum atomic E-state index is -0.425. The number of amides is 1. The maximum absolute atomic E-state index is 13.1. The smallest absolute Gasteiger partial charge is 0.237 e. The minimum Gasteiger partial charge on any atom is -0.508 e. The minimum absolute atomic E-state index is 0.125. The van der Waals surface area contributed by atoms with Crippen LogP contribution in [0.5, 0.6) is 5.75 Å². The van der Waals surface area contributed by atoms with E-state index < -0.39 is 5.25 Å². The average Bonchev–Trinajstić information content (AvgIpc) is 3.51. The summed E-state index contributed by atoms with van der Waals surface area (Å²) in [4.78, 5) is 13.1. The first-order chi connectivity index (χ1) is 16.6. The Bertz CT molecular complexity index is 1420. The number of fused-ring (bicyclic) bond motifs is 1. The van der Waals surface area contributed by atoms with Gasteiger partial charge in [-0.2, -0.15) is 0 Å². The molecule has 0 unspecified atom stereocenters. The van der Waals surface area contributed by atoms with Crippen molar-refractivity contribution in [3.63, 3.8) is 0 Å². The van der Waals surface area contributed by atoms with E-state index >= 15 is 0 Å². The molecule has 0 aliphatic heterocycles. The van der Waals surface area contributed by atoms with Gasteiger partial charge in [-0.15, -0.1) is 10.2 Å². The van der Waals surface area contributed by atoms with Gasteiger partial charge in [0.25, 0.3) is 0 Å². The molecule has 170 valence electrons. The molecule has 2 heterocycles. The summed E-state index contributed by atoms with van der Waals surface area (Å²) in [6.07, 6.45) is 1.62. The Morgan fingerprint density at radius 3 is 2.62 bits per heavy atom. The first-order valence-corrected chi connectivity index (χ1v) is 11.7. The van der Waals surface area contributed by atoms with Crippen LogP contribution in [-0.4, -0.2) is 31.0 Å². The second-order valence-electron chi connectivity index (χ2n) is 7.79. The number of hydrogen-bond acceptors (Lipinski definition) is 6. The van der Waals surface area contributed by atoms with E-state index in [1.54, 1.807) is 30.5 Å². The summed E-state index contributed by atoms with van der Waals surface area (Å²) >= 11 is 1.33. The molecule has 8 heteroatoms. The normalized spacial score (nSPS) is 12.0. The lowest BCUT2D eigenvalue weighted by atomic mass is 10.1. The number of thioether (sulfide) groups is 1. The van der Waals surface area contributed by atoms with Gasteiger partial charge in [-0.25, -0.2) is 0 Å². The fourth-order valence-corrected chi connectivity index (χ4v) is 4.53. The van der Waals surface area contributed by atoms with E-state index in [0.717, 1.165) is 27.8 Å². The third-order valence-corrected chi connectivity index (χ3v) is 6.52. The molecule has 1 atom stereocenters. The van der Waals surface area contributed by atoms with Crippen LogP contribution >= 0.6 is 11.8 Å². The molecule has 2 aromatic heterocycles. The Morgan fingerprint density at radius 2 is 1.82 bits per heavy atom. The molecule has 0 saturated carbocycles. The topological polar surface area (TPSA) is 93.2 Å². The van der Waals surface area contributed by atoms with Crippen molar-refractivity contribution in [2.45, 2.75) is 23.9 Å². The third kappa shape index (κ3) is 4.53. The Labute approximate surface area is 200 Å². The predicted octanol–water partition coefficient (Wildman–Crippen LogP) is 5.56. The number of hydrogen-bond donors (Lipinski definition) is 2. The second kappa shape index (κ2) is 9.44. The molecule has 2 N–H and O–H groups in total. The molecule has 0 spiro atoms. The Morgan fingerprint density at radius 1 is 1.03 bits per heavy atom. The van der Waals surface area contributed by atoms with Crippen molar-refractivity contribution in [2.75, 3.05) is 5.32 Å². The summed E-state index contributed by atoms with van der Waals surface area (Å²) in [6, 6.07) is 24.3. The molecule has 0 aliphatic rings. The van der Waals surface area contributed by atoms with Crippen molar-refractivity contribution in [3.8, 4) is 17.1 Å². The van der Waals surface area contributed by atoms with Gasteiger partial charge in [-0.3, -0.25) is 9.36 Å². The van der Waals surface area contributed by atoms with Crippen molar-refractivity contribution >= 4 is 34.1 Å². The molecule has 0 fully saturated rings. The van der Waals surface area contributed by atoms with Crippen LogP contribution in [0.15, 0.2) is 94.7 Å². The highest BCUT2D eigenvalue weighted by Crippen LogP contribution is 2.30. The maximum Gasteiger partial charge on any atom is 0.237 e. The van der Waals surface area contributed by atoms with Crippen molar-refractivity contribution in [3.05, 3.63) is 90.9 Å². The van der Waals surface area contributed by atoms with Gasteiger partial charge in [0.05, 0.1) is 18.1 Å². The van der Waals surface area contributed by atoms with E-state index in [4.69, 9.17) is 4.42 Å². The number of benzene rings is 3. The zero-order valence-corrected chi connectivity index (χ0v) is 19.2. The van der Waals surface area contributed by atoms with E-state index in [1.807, 2.05) is 66.1 Å². The van der Waals surface area contributed by atoms with E-state index in [0.29, 0.717) is 17.5 Å². The molecule has 0 radical (unpaired) electrons. The number of carbonyl (C=O) groups excluding carboxylic acids is 1.